The highest BCUT2D eigenvalue weighted by Crippen LogP contribution is 2.26. The fourth-order valence-electron chi connectivity index (χ4n) is 3.36. The van der Waals surface area contributed by atoms with Crippen molar-refractivity contribution < 1.29 is 14.6 Å². The van der Waals surface area contributed by atoms with Gasteiger partial charge in [-0.05, 0) is 42.4 Å². The second-order valence-corrected chi connectivity index (χ2v) is 7.50. The Kier molecular flexibility index (Phi) is 11.3. The van der Waals surface area contributed by atoms with Gasteiger partial charge in [0.2, 0.25) is 0 Å². The molecule has 3 nitrogen and oxygen atoms in total. The summed E-state index contributed by atoms with van der Waals surface area (Å²) >= 11 is 0. The largest absolute Gasteiger partial charge is 0.469 e. The Hall–Kier alpha value is -2.65. The van der Waals surface area contributed by atoms with E-state index in [2.05, 4.69) is 35.1 Å². The zero-order chi connectivity index (χ0) is 21.4. The number of ether oxygens (including phenoxy) is 1. The van der Waals surface area contributed by atoms with Gasteiger partial charge in [0, 0.05) is 6.42 Å². The molecular formula is C27H34O3. The minimum Gasteiger partial charge on any atom is -0.469 e. The van der Waals surface area contributed by atoms with Crippen LogP contribution >= 0.6 is 0 Å². The van der Waals surface area contributed by atoms with Crippen molar-refractivity contribution in [3.63, 3.8) is 0 Å². The topological polar surface area (TPSA) is 46.5 Å². The summed E-state index contributed by atoms with van der Waals surface area (Å²) in [5.41, 5.74) is 3.01. The summed E-state index contributed by atoms with van der Waals surface area (Å²) in [4.78, 5) is 11.1. The van der Waals surface area contributed by atoms with Crippen molar-refractivity contribution in [2.24, 2.45) is 0 Å². The molecule has 30 heavy (non-hydrogen) atoms. The van der Waals surface area contributed by atoms with Gasteiger partial charge < -0.3 is 9.84 Å². The minimum absolute atomic E-state index is 0.116. The van der Waals surface area contributed by atoms with E-state index in [-0.39, 0.29) is 5.97 Å². The molecule has 160 valence electrons. The summed E-state index contributed by atoms with van der Waals surface area (Å²) in [6.45, 7) is 0. The lowest BCUT2D eigenvalue weighted by Gasteiger charge is -2.15. The number of benzene rings is 2. The second kappa shape index (κ2) is 14.4. The average Bonchev–Trinajstić information content (AvgIpc) is 2.80. The third-order valence-electron chi connectivity index (χ3n) is 5.12. The van der Waals surface area contributed by atoms with Gasteiger partial charge in [0.05, 0.1) is 7.11 Å². The number of esters is 1. The number of aliphatic hydroxyl groups is 1. The molecule has 1 N–H and O–H groups in total. The summed E-state index contributed by atoms with van der Waals surface area (Å²) in [6, 6.07) is 20.0. The van der Waals surface area contributed by atoms with Crippen LogP contribution in [0, 0.1) is 0 Å². The molecule has 0 bridgehead atoms. The second-order valence-electron chi connectivity index (χ2n) is 7.50. The quantitative estimate of drug-likeness (QED) is 0.230. The molecule has 0 fully saturated rings. The lowest BCUT2D eigenvalue weighted by Crippen LogP contribution is -2.01. The maximum absolute atomic E-state index is 11.1. The summed E-state index contributed by atoms with van der Waals surface area (Å²) in [5, 5.41) is 10.9. The fraction of sp³-hybridized carbons (Fsp3) is 0.370. The first-order valence-corrected chi connectivity index (χ1v) is 10.9. The van der Waals surface area contributed by atoms with Crippen molar-refractivity contribution in [2.75, 3.05) is 7.11 Å². The van der Waals surface area contributed by atoms with E-state index in [0.717, 1.165) is 55.2 Å². The number of carbonyl (C=O) groups excluding carboxylic acids is 1. The normalized spacial score (nSPS) is 12.8. The number of carbonyl (C=O) groups is 1. The highest BCUT2D eigenvalue weighted by Gasteiger charge is 2.12. The van der Waals surface area contributed by atoms with Crippen molar-refractivity contribution in [3.8, 4) is 0 Å². The summed E-state index contributed by atoms with van der Waals surface area (Å²) in [6.07, 6.45) is 13.6. The van der Waals surface area contributed by atoms with E-state index in [1.807, 2.05) is 48.5 Å². The highest BCUT2D eigenvalue weighted by molar-refractivity contribution is 5.68. The van der Waals surface area contributed by atoms with E-state index >= 15 is 0 Å². The molecule has 0 heterocycles. The van der Waals surface area contributed by atoms with Crippen LogP contribution in [0.4, 0.5) is 0 Å². The van der Waals surface area contributed by atoms with E-state index in [0.29, 0.717) is 6.42 Å². The first-order valence-electron chi connectivity index (χ1n) is 10.9. The van der Waals surface area contributed by atoms with Gasteiger partial charge in [0.15, 0.2) is 0 Å². The molecule has 0 saturated carbocycles. The van der Waals surface area contributed by atoms with Gasteiger partial charge in [0.25, 0.3) is 0 Å². The van der Waals surface area contributed by atoms with Gasteiger partial charge in [-0.25, -0.2) is 0 Å². The number of allylic oxidation sites excluding steroid dienone is 2. The lowest BCUT2D eigenvalue weighted by atomic mass is 9.96. The predicted molar refractivity (Wildman–Crippen MR) is 124 cm³/mol. The molecule has 2 rings (SSSR count). The summed E-state index contributed by atoms with van der Waals surface area (Å²) in [5.74, 6) is -0.116. The Balaban J connectivity index is 1.80. The molecule has 2 aromatic carbocycles. The number of hydrogen-bond donors (Lipinski definition) is 1. The Morgan fingerprint density at radius 2 is 1.53 bits per heavy atom. The minimum atomic E-state index is -0.606. The lowest BCUT2D eigenvalue weighted by molar-refractivity contribution is -0.140. The van der Waals surface area contributed by atoms with Crippen molar-refractivity contribution in [1.29, 1.82) is 0 Å². The first kappa shape index (κ1) is 23.6. The van der Waals surface area contributed by atoms with Gasteiger partial charge in [-0.3, -0.25) is 4.79 Å². The van der Waals surface area contributed by atoms with Gasteiger partial charge in [-0.15, -0.1) is 0 Å². The molecule has 1 atom stereocenters. The van der Waals surface area contributed by atoms with Gasteiger partial charge in [0.1, 0.15) is 6.10 Å². The molecular weight excluding hydrogens is 372 g/mol. The van der Waals surface area contributed by atoms with Crippen molar-refractivity contribution >= 4 is 12.0 Å². The summed E-state index contributed by atoms with van der Waals surface area (Å²) < 4.78 is 4.65. The zero-order valence-corrected chi connectivity index (χ0v) is 18.0. The number of hydrogen-bond acceptors (Lipinski definition) is 3. The van der Waals surface area contributed by atoms with Crippen molar-refractivity contribution in [3.05, 3.63) is 89.5 Å². The van der Waals surface area contributed by atoms with E-state index in [1.165, 1.54) is 13.5 Å². The number of rotatable bonds is 13. The van der Waals surface area contributed by atoms with Crippen LogP contribution in [0.25, 0.3) is 6.08 Å². The zero-order valence-electron chi connectivity index (χ0n) is 18.0. The standard InChI is InChI=1S/C27H34O3/c1-30-26(28)21-15-7-5-3-2-4-6-12-20-25(22-23-16-10-8-11-17-23)27(29)24-18-13-9-14-19-24/h6,8-14,16-19,22,27,29H,2-5,7,15,20-21H2,1H3/b12-6+,25-22-. The molecule has 0 aromatic heterocycles. The molecule has 0 radical (unpaired) electrons. The molecule has 0 aliphatic rings. The van der Waals surface area contributed by atoms with E-state index in [1.54, 1.807) is 0 Å². The van der Waals surface area contributed by atoms with Gasteiger partial charge in [-0.1, -0.05) is 98.2 Å². The third kappa shape index (κ3) is 9.23. The Morgan fingerprint density at radius 1 is 0.900 bits per heavy atom. The van der Waals surface area contributed by atoms with Crippen LogP contribution in [0.3, 0.4) is 0 Å². The maximum atomic E-state index is 11.1. The molecule has 0 aliphatic heterocycles. The molecule has 0 spiro atoms. The van der Waals surface area contributed by atoms with Crippen LogP contribution in [0.2, 0.25) is 0 Å². The highest BCUT2D eigenvalue weighted by atomic mass is 16.5. The molecule has 0 saturated heterocycles. The molecule has 0 amide bonds. The fourth-order valence-corrected chi connectivity index (χ4v) is 3.36. The van der Waals surface area contributed by atoms with Crippen LogP contribution in [0.5, 0.6) is 0 Å². The first-order chi connectivity index (χ1) is 14.7. The van der Waals surface area contributed by atoms with Crippen LogP contribution in [0.15, 0.2) is 78.4 Å². The predicted octanol–water partition coefficient (Wildman–Crippen LogP) is 6.65. The van der Waals surface area contributed by atoms with Crippen molar-refractivity contribution in [2.45, 2.75) is 57.5 Å². The van der Waals surface area contributed by atoms with Gasteiger partial charge in [-0.2, -0.15) is 0 Å². The molecule has 3 heteroatoms. The van der Waals surface area contributed by atoms with Crippen LogP contribution in [-0.2, 0) is 9.53 Å². The van der Waals surface area contributed by atoms with Crippen LogP contribution in [0.1, 0.15) is 68.6 Å². The van der Waals surface area contributed by atoms with Gasteiger partial charge >= 0.3 is 5.97 Å². The Bertz CT molecular complexity index is 778. The summed E-state index contributed by atoms with van der Waals surface area (Å²) in [7, 11) is 1.44. The van der Waals surface area contributed by atoms with Crippen LogP contribution in [-0.4, -0.2) is 18.2 Å². The molecule has 0 aliphatic carbocycles. The number of aliphatic hydroxyl groups excluding tert-OH is 1. The van der Waals surface area contributed by atoms with Crippen LogP contribution < -0.4 is 0 Å². The number of unbranched alkanes of at least 4 members (excludes halogenated alkanes) is 5. The Morgan fingerprint density at radius 3 is 2.23 bits per heavy atom. The average molecular weight is 407 g/mol. The van der Waals surface area contributed by atoms with E-state index in [4.69, 9.17) is 0 Å². The van der Waals surface area contributed by atoms with E-state index < -0.39 is 6.10 Å². The smallest absolute Gasteiger partial charge is 0.305 e. The van der Waals surface area contributed by atoms with Crippen molar-refractivity contribution in [1.82, 2.24) is 0 Å². The monoisotopic (exact) mass is 406 g/mol. The molecule has 2 aromatic rings. The maximum Gasteiger partial charge on any atom is 0.305 e. The SMILES string of the molecule is COC(=O)CCCCCCC/C=C/C/C(=C/c1ccccc1)C(O)c1ccccc1. The van der Waals surface area contributed by atoms with E-state index in [9.17, 15) is 9.90 Å². The third-order valence-corrected chi connectivity index (χ3v) is 5.12. The Labute approximate surface area is 181 Å². The molecule has 1 unspecified atom stereocenters. The number of methoxy groups -OCH3 is 1.